The average molecular weight is 771 g/mol. The maximum atomic E-state index is 13.0. The molecule has 0 radical (unpaired) electrons. The van der Waals surface area contributed by atoms with E-state index in [9.17, 15) is 14.4 Å². The zero-order valence-electron chi connectivity index (χ0n) is 36.0. The summed E-state index contributed by atoms with van der Waals surface area (Å²) in [7, 11) is 5.71. The summed E-state index contributed by atoms with van der Waals surface area (Å²) in [5, 5.41) is 0. The fourth-order valence-corrected chi connectivity index (χ4v) is 6.48. The fraction of sp³-hybridized carbons (Fsp3) is 0.766. The van der Waals surface area contributed by atoms with E-state index in [0.717, 1.165) is 96.4 Å². The molecule has 8 nitrogen and oxygen atoms in total. The molecular weight excluding hydrogens is 689 g/mol. The first-order valence-electron chi connectivity index (χ1n) is 22.3. The molecule has 1 rings (SSSR count). The molecule has 0 aromatic heterocycles. The molecule has 55 heavy (non-hydrogen) atoms. The van der Waals surface area contributed by atoms with Gasteiger partial charge in [-0.05, 0) is 91.1 Å². The standard InChI is InChI=1S/C47H82N2O6/c1-6-8-10-12-14-16-18-20-22-24-26-28-30-32-34-36-45(51)54-43-41-53-42(40-44(50)49(5)39-38-48(3)4)47(43)55-46(52)37-35-33-31-29-27-25-23-21-19-17-15-13-11-9-7-2/h14-17,20-23,42-43,47H,6-13,18-19,24-41H2,1-5H3/b16-14-,17-15-,22-20-,23-21-/t42-,43+,47+/m1/s1. The molecule has 0 aliphatic carbocycles. The number of rotatable bonds is 35. The Morgan fingerprint density at radius 3 is 1.47 bits per heavy atom. The monoisotopic (exact) mass is 771 g/mol. The zero-order valence-corrected chi connectivity index (χ0v) is 36.0. The van der Waals surface area contributed by atoms with E-state index >= 15 is 0 Å². The molecule has 0 aromatic rings. The van der Waals surface area contributed by atoms with Crippen LogP contribution in [0.5, 0.6) is 0 Å². The minimum Gasteiger partial charge on any atom is -0.456 e. The van der Waals surface area contributed by atoms with Crippen molar-refractivity contribution in [2.45, 2.75) is 193 Å². The van der Waals surface area contributed by atoms with Crippen LogP contribution >= 0.6 is 0 Å². The van der Waals surface area contributed by atoms with Crippen molar-refractivity contribution in [3.8, 4) is 0 Å². The van der Waals surface area contributed by atoms with Crippen LogP contribution in [0.1, 0.15) is 174 Å². The Labute approximate surface area is 337 Å². The highest BCUT2D eigenvalue weighted by Gasteiger charge is 2.44. The fourth-order valence-electron chi connectivity index (χ4n) is 6.48. The Morgan fingerprint density at radius 1 is 0.564 bits per heavy atom. The van der Waals surface area contributed by atoms with Gasteiger partial charge >= 0.3 is 11.9 Å². The van der Waals surface area contributed by atoms with E-state index in [1.54, 1.807) is 11.9 Å². The summed E-state index contributed by atoms with van der Waals surface area (Å²) >= 11 is 0. The minimum atomic E-state index is -0.787. The number of hydrogen-bond donors (Lipinski definition) is 0. The summed E-state index contributed by atoms with van der Waals surface area (Å²) in [6.07, 6.45) is 41.3. The molecular formula is C47H82N2O6. The first-order chi connectivity index (χ1) is 26.8. The summed E-state index contributed by atoms with van der Waals surface area (Å²) in [6, 6.07) is 0. The summed E-state index contributed by atoms with van der Waals surface area (Å²) < 4.78 is 17.7. The molecule has 1 heterocycles. The third kappa shape index (κ3) is 29.2. The number of carbonyl (C=O) groups excluding carboxylic acids is 3. The third-order valence-corrected chi connectivity index (χ3v) is 10.1. The van der Waals surface area contributed by atoms with Crippen LogP contribution in [0, 0.1) is 0 Å². The second-order valence-corrected chi connectivity index (χ2v) is 15.6. The predicted molar refractivity (Wildman–Crippen MR) is 229 cm³/mol. The van der Waals surface area contributed by atoms with Crippen molar-refractivity contribution in [3.05, 3.63) is 48.6 Å². The summed E-state index contributed by atoms with van der Waals surface area (Å²) in [5.41, 5.74) is 0. The van der Waals surface area contributed by atoms with Crippen molar-refractivity contribution >= 4 is 17.8 Å². The lowest BCUT2D eigenvalue weighted by Gasteiger charge is -2.25. The molecule has 0 unspecified atom stereocenters. The van der Waals surface area contributed by atoms with E-state index in [4.69, 9.17) is 14.2 Å². The number of hydrogen-bond acceptors (Lipinski definition) is 7. The van der Waals surface area contributed by atoms with Crippen LogP contribution in [-0.2, 0) is 28.6 Å². The van der Waals surface area contributed by atoms with Crippen LogP contribution in [0.2, 0.25) is 0 Å². The van der Waals surface area contributed by atoms with E-state index < -0.39 is 18.3 Å². The van der Waals surface area contributed by atoms with Crippen molar-refractivity contribution in [3.63, 3.8) is 0 Å². The number of likely N-dealkylation sites (N-methyl/N-ethyl adjacent to an activating group) is 2. The number of amides is 1. The van der Waals surface area contributed by atoms with Crippen molar-refractivity contribution in [1.29, 1.82) is 0 Å². The lowest BCUT2D eigenvalue weighted by Crippen LogP contribution is -2.41. The summed E-state index contributed by atoms with van der Waals surface area (Å²) in [4.78, 5) is 42.6. The highest BCUT2D eigenvalue weighted by Crippen LogP contribution is 2.26. The maximum Gasteiger partial charge on any atom is 0.306 e. The Hall–Kier alpha value is -2.71. The van der Waals surface area contributed by atoms with Gasteiger partial charge < -0.3 is 24.0 Å². The normalized spacial score (nSPS) is 17.5. The second-order valence-electron chi connectivity index (χ2n) is 15.6. The van der Waals surface area contributed by atoms with Gasteiger partial charge in [0.15, 0.2) is 12.2 Å². The van der Waals surface area contributed by atoms with Crippen molar-refractivity contribution in [1.82, 2.24) is 9.80 Å². The highest BCUT2D eigenvalue weighted by atomic mass is 16.6. The van der Waals surface area contributed by atoms with Gasteiger partial charge in [-0.1, -0.05) is 127 Å². The largest absolute Gasteiger partial charge is 0.456 e. The Morgan fingerprint density at radius 2 is 1.00 bits per heavy atom. The summed E-state index contributed by atoms with van der Waals surface area (Å²) in [6.45, 7) is 5.92. The van der Waals surface area contributed by atoms with Gasteiger partial charge in [0, 0.05) is 33.0 Å². The van der Waals surface area contributed by atoms with Gasteiger partial charge in [-0.3, -0.25) is 14.4 Å². The highest BCUT2D eigenvalue weighted by molar-refractivity contribution is 5.77. The average Bonchev–Trinajstić information content (AvgIpc) is 3.52. The molecule has 316 valence electrons. The smallest absolute Gasteiger partial charge is 0.306 e. The molecule has 1 saturated heterocycles. The van der Waals surface area contributed by atoms with Crippen LogP contribution in [0.3, 0.4) is 0 Å². The van der Waals surface area contributed by atoms with E-state index in [-0.39, 0.29) is 30.9 Å². The topological polar surface area (TPSA) is 85.4 Å². The van der Waals surface area contributed by atoms with Crippen LogP contribution in [0.15, 0.2) is 48.6 Å². The van der Waals surface area contributed by atoms with Crippen LogP contribution in [-0.4, -0.2) is 86.8 Å². The molecule has 0 aromatic carbocycles. The van der Waals surface area contributed by atoms with Gasteiger partial charge in [-0.2, -0.15) is 0 Å². The van der Waals surface area contributed by atoms with E-state index in [2.05, 4.69) is 62.5 Å². The zero-order chi connectivity index (χ0) is 40.2. The maximum absolute atomic E-state index is 13.0. The van der Waals surface area contributed by atoms with Crippen molar-refractivity contribution in [2.75, 3.05) is 40.8 Å². The van der Waals surface area contributed by atoms with Gasteiger partial charge in [0.25, 0.3) is 0 Å². The molecule has 0 spiro atoms. The summed E-state index contributed by atoms with van der Waals surface area (Å²) in [5.74, 6) is -0.711. The van der Waals surface area contributed by atoms with E-state index in [1.807, 2.05) is 19.0 Å². The van der Waals surface area contributed by atoms with Crippen LogP contribution < -0.4 is 0 Å². The van der Waals surface area contributed by atoms with Gasteiger partial charge in [0.05, 0.1) is 13.0 Å². The van der Waals surface area contributed by atoms with Gasteiger partial charge in [0.1, 0.15) is 6.10 Å². The minimum absolute atomic E-state index is 0.0740. The molecule has 1 amide bonds. The predicted octanol–water partition coefficient (Wildman–Crippen LogP) is 11.2. The number of esters is 2. The lowest BCUT2D eigenvalue weighted by atomic mass is 10.1. The number of unbranched alkanes of at least 4 members (excludes halogenated alkanes) is 16. The molecule has 0 bridgehead atoms. The van der Waals surface area contributed by atoms with Crippen molar-refractivity contribution in [2.24, 2.45) is 0 Å². The van der Waals surface area contributed by atoms with Gasteiger partial charge in [0.2, 0.25) is 5.91 Å². The van der Waals surface area contributed by atoms with Crippen molar-refractivity contribution < 1.29 is 28.6 Å². The van der Waals surface area contributed by atoms with E-state index in [0.29, 0.717) is 19.4 Å². The first kappa shape index (κ1) is 50.3. The first-order valence-corrected chi connectivity index (χ1v) is 22.3. The molecule has 1 aliphatic rings. The molecule has 3 atom stereocenters. The van der Waals surface area contributed by atoms with Gasteiger partial charge in [-0.15, -0.1) is 0 Å². The quantitative estimate of drug-likeness (QED) is 0.0360. The number of nitrogens with zero attached hydrogens (tertiary/aromatic N) is 2. The molecule has 1 fully saturated rings. The van der Waals surface area contributed by atoms with Gasteiger partial charge in [-0.25, -0.2) is 0 Å². The van der Waals surface area contributed by atoms with Crippen LogP contribution in [0.4, 0.5) is 0 Å². The number of allylic oxidation sites excluding steroid dienone is 8. The van der Waals surface area contributed by atoms with Crippen LogP contribution in [0.25, 0.3) is 0 Å². The molecule has 8 heteroatoms. The molecule has 0 N–H and O–H groups in total. The molecule has 1 aliphatic heterocycles. The Kier molecular flexibility index (Phi) is 32.6. The number of carbonyl (C=O) groups is 3. The SMILES string of the molecule is CCCCC/C=C\C/C=C\CCCCCCCC(=O)O[C@@H]1[C@@H](OC(=O)CCCCCCC/C=C\C/C=C\CCCCC)CO[C@@H]1CC(=O)N(C)CCN(C)C. The Bertz CT molecular complexity index is 1080. The Balaban J connectivity index is 2.42. The third-order valence-electron chi connectivity index (χ3n) is 10.1. The lowest BCUT2D eigenvalue weighted by molar-refractivity contribution is -0.166. The second kappa shape index (κ2) is 35.7. The number of ether oxygens (including phenoxy) is 3. The molecule has 0 saturated carbocycles. The van der Waals surface area contributed by atoms with E-state index in [1.165, 1.54) is 51.4 Å².